The Morgan fingerprint density at radius 2 is 2.00 bits per heavy atom. The Balaban J connectivity index is 1.42. The summed E-state index contributed by atoms with van der Waals surface area (Å²) in [6.45, 7) is 6.05. The van der Waals surface area contributed by atoms with E-state index in [0.717, 1.165) is 34.4 Å². The third-order valence-electron chi connectivity index (χ3n) is 5.81. The van der Waals surface area contributed by atoms with E-state index in [9.17, 15) is 14.3 Å². The number of nitrogens with one attached hydrogen (secondary N) is 2. The number of nitrogens with zero attached hydrogens (tertiary/aromatic N) is 3. The Hall–Kier alpha value is -3.82. The van der Waals surface area contributed by atoms with Crippen LogP contribution in [0.25, 0.3) is 11.1 Å². The van der Waals surface area contributed by atoms with Crippen molar-refractivity contribution in [2.45, 2.75) is 45.6 Å². The van der Waals surface area contributed by atoms with Gasteiger partial charge in [-0.3, -0.25) is 9.89 Å². The van der Waals surface area contributed by atoms with Gasteiger partial charge < -0.3 is 15.2 Å². The number of pyridine rings is 1. The van der Waals surface area contributed by atoms with E-state index in [1.165, 1.54) is 12.1 Å². The van der Waals surface area contributed by atoms with Gasteiger partial charge in [0.2, 0.25) is 5.82 Å². The van der Waals surface area contributed by atoms with Gasteiger partial charge in [-0.05, 0) is 92.3 Å². The Labute approximate surface area is 225 Å². The highest BCUT2D eigenvalue weighted by Gasteiger charge is 2.15. The van der Waals surface area contributed by atoms with Crippen molar-refractivity contribution >= 4 is 23.3 Å². The fourth-order valence-corrected chi connectivity index (χ4v) is 4.06. The van der Waals surface area contributed by atoms with Crippen LogP contribution >= 0.6 is 11.6 Å². The van der Waals surface area contributed by atoms with Gasteiger partial charge in [0.15, 0.2) is 0 Å². The smallest absolute Gasteiger partial charge is 0.296 e. The average Bonchev–Trinajstić information content (AvgIpc) is 3.33. The molecule has 0 unspecified atom stereocenters. The lowest BCUT2D eigenvalue weighted by Gasteiger charge is -2.17. The van der Waals surface area contributed by atoms with Crippen LogP contribution in [0.2, 0.25) is 5.02 Å². The number of anilines is 1. The molecule has 198 valence electrons. The molecule has 0 fully saturated rings. The third kappa shape index (κ3) is 7.36. The summed E-state index contributed by atoms with van der Waals surface area (Å²) in [4.78, 5) is 21.3. The molecule has 8 nitrogen and oxygen atoms in total. The molecule has 0 bridgehead atoms. The molecule has 0 radical (unpaired) electrons. The minimum atomic E-state index is -0.719. The van der Waals surface area contributed by atoms with Crippen molar-refractivity contribution in [1.29, 1.82) is 0 Å². The SMILES string of the molecule is Cc1ccc(OCCCC(C)(C)O)cc1-c1ccnc(NC(=O)c2n[nH]c(Cc3ccc(F)c(Cl)c3)n2)c1. The summed E-state index contributed by atoms with van der Waals surface area (Å²) in [6.07, 6.45) is 3.30. The first-order valence-corrected chi connectivity index (χ1v) is 12.5. The van der Waals surface area contributed by atoms with Crippen molar-refractivity contribution < 1.29 is 19.0 Å². The number of carbonyl (C=O) groups is 1. The predicted molar refractivity (Wildman–Crippen MR) is 144 cm³/mol. The van der Waals surface area contributed by atoms with Gasteiger partial charge in [0, 0.05) is 12.6 Å². The van der Waals surface area contributed by atoms with Crippen LogP contribution in [0.3, 0.4) is 0 Å². The van der Waals surface area contributed by atoms with Gasteiger partial charge in [0.05, 0.1) is 17.2 Å². The molecular formula is C28H29ClFN5O3. The zero-order chi connectivity index (χ0) is 27.3. The lowest BCUT2D eigenvalue weighted by Crippen LogP contribution is -2.19. The number of amides is 1. The Morgan fingerprint density at radius 3 is 2.76 bits per heavy atom. The highest BCUT2D eigenvalue weighted by atomic mass is 35.5. The number of carbonyl (C=O) groups excluding carboxylic acids is 1. The summed E-state index contributed by atoms with van der Waals surface area (Å²) in [5.74, 6) is 0.446. The summed E-state index contributed by atoms with van der Waals surface area (Å²) in [5, 5.41) is 19.3. The molecular weight excluding hydrogens is 509 g/mol. The van der Waals surface area contributed by atoms with E-state index in [-0.39, 0.29) is 10.8 Å². The lowest BCUT2D eigenvalue weighted by molar-refractivity contribution is 0.0641. The van der Waals surface area contributed by atoms with Crippen molar-refractivity contribution in [1.82, 2.24) is 20.2 Å². The van der Waals surface area contributed by atoms with Crippen molar-refractivity contribution in [3.63, 3.8) is 0 Å². The Bertz CT molecular complexity index is 1430. The van der Waals surface area contributed by atoms with Crippen LogP contribution in [-0.4, -0.2) is 43.4 Å². The molecule has 10 heteroatoms. The van der Waals surface area contributed by atoms with E-state index in [2.05, 4.69) is 25.5 Å². The standard InChI is InChI=1S/C28H29ClFN5O3/c1-17-5-7-20(38-12-4-10-28(2,3)37)16-21(17)19-9-11-31-24(15-19)33-27(36)26-32-25(34-35-26)14-18-6-8-23(30)22(29)13-18/h5-9,11,13,15-16,37H,4,10,12,14H2,1-3H3,(H,31,33,36)(H,32,34,35). The first-order valence-electron chi connectivity index (χ1n) is 12.2. The van der Waals surface area contributed by atoms with E-state index < -0.39 is 17.3 Å². The molecule has 1 amide bonds. The second kappa shape index (κ2) is 11.7. The largest absolute Gasteiger partial charge is 0.494 e. The molecule has 4 rings (SSSR count). The van der Waals surface area contributed by atoms with Crippen LogP contribution < -0.4 is 10.1 Å². The predicted octanol–water partition coefficient (Wildman–Crippen LogP) is 5.74. The highest BCUT2D eigenvalue weighted by Crippen LogP contribution is 2.29. The van der Waals surface area contributed by atoms with Crippen LogP contribution in [0.15, 0.2) is 54.7 Å². The number of hydrogen-bond donors (Lipinski definition) is 3. The van der Waals surface area contributed by atoms with Crippen LogP contribution in [0.1, 0.15) is 54.3 Å². The van der Waals surface area contributed by atoms with Crippen molar-refractivity contribution in [3.8, 4) is 16.9 Å². The molecule has 0 aliphatic carbocycles. The second-order valence-corrected chi connectivity index (χ2v) is 10.1. The number of aromatic nitrogens is 4. The average molecular weight is 538 g/mol. The normalized spacial score (nSPS) is 11.4. The van der Waals surface area contributed by atoms with E-state index in [1.54, 1.807) is 32.2 Å². The fourth-order valence-electron chi connectivity index (χ4n) is 3.85. The lowest BCUT2D eigenvalue weighted by atomic mass is 10.0. The molecule has 3 N–H and O–H groups in total. The number of H-pyrrole nitrogens is 1. The molecule has 0 saturated carbocycles. The van der Waals surface area contributed by atoms with Gasteiger partial charge in [-0.25, -0.2) is 14.4 Å². The molecule has 2 heterocycles. The van der Waals surface area contributed by atoms with Gasteiger partial charge in [0.25, 0.3) is 5.91 Å². The zero-order valence-corrected chi connectivity index (χ0v) is 22.1. The van der Waals surface area contributed by atoms with Gasteiger partial charge in [0.1, 0.15) is 23.2 Å². The number of aliphatic hydroxyl groups is 1. The third-order valence-corrected chi connectivity index (χ3v) is 6.10. The summed E-state index contributed by atoms with van der Waals surface area (Å²) in [5.41, 5.74) is 2.85. The molecule has 2 aromatic carbocycles. The van der Waals surface area contributed by atoms with Gasteiger partial charge in [-0.15, -0.1) is 5.10 Å². The number of rotatable bonds is 10. The quantitative estimate of drug-likeness (QED) is 0.222. The number of benzene rings is 2. The number of hydrogen-bond acceptors (Lipinski definition) is 6. The van der Waals surface area contributed by atoms with Gasteiger partial charge in [-0.1, -0.05) is 23.7 Å². The van der Waals surface area contributed by atoms with Crippen molar-refractivity contribution in [2.24, 2.45) is 0 Å². The maximum absolute atomic E-state index is 13.4. The minimum Gasteiger partial charge on any atom is -0.494 e. The Kier molecular flexibility index (Phi) is 8.38. The summed E-state index contributed by atoms with van der Waals surface area (Å²) in [6, 6.07) is 13.8. The van der Waals surface area contributed by atoms with Crippen molar-refractivity contribution in [2.75, 3.05) is 11.9 Å². The maximum Gasteiger partial charge on any atom is 0.296 e. The fraction of sp³-hybridized carbons (Fsp3) is 0.286. The maximum atomic E-state index is 13.4. The molecule has 0 spiro atoms. The number of halogens is 2. The molecule has 0 aliphatic rings. The summed E-state index contributed by atoms with van der Waals surface area (Å²) in [7, 11) is 0. The van der Waals surface area contributed by atoms with Crippen LogP contribution in [-0.2, 0) is 6.42 Å². The molecule has 4 aromatic rings. The van der Waals surface area contributed by atoms with Gasteiger partial charge >= 0.3 is 0 Å². The number of ether oxygens (including phenoxy) is 1. The van der Waals surface area contributed by atoms with Gasteiger partial charge in [-0.2, -0.15) is 0 Å². The second-order valence-electron chi connectivity index (χ2n) is 9.66. The molecule has 0 atom stereocenters. The highest BCUT2D eigenvalue weighted by molar-refractivity contribution is 6.30. The first kappa shape index (κ1) is 27.2. The van der Waals surface area contributed by atoms with E-state index >= 15 is 0 Å². The number of aryl methyl sites for hydroxylation is 1. The zero-order valence-electron chi connectivity index (χ0n) is 21.4. The summed E-state index contributed by atoms with van der Waals surface area (Å²) < 4.78 is 19.3. The van der Waals surface area contributed by atoms with E-state index in [1.807, 2.05) is 31.2 Å². The first-order chi connectivity index (χ1) is 18.1. The monoisotopic (exact) mass is 537 g/mol. The molecule has 38 heavy (non-hydrogen) atoms. The summed E-state index contributed by atoms with van der Waals surface area (Å²) >= 11 is 5.84. The van der Waals surface area contributed by atoms with E-state index in [4.69, 9.17) is 16.3 Å². The molecule has 2 aromatic heterocycles. The number of aromatic amines is 1. The van der Waals surface area contributed by atoms with Crippen LogP contribution in [0, 0.1) is 12.7 Å². The minimum absolute atomic E-state index is 0.0176. The Morgan fingerprint density at radius 1 is 1.18 bits per heavy atom. The van der Waals surface area contributed by atoms with E-state index in [0.29, 0.717) is 31.1 Å². The molecule has 0 saturated heterocycles. The molecule has 0 aliphatic heterocycles. The topological polar surface area (TPSA) is 113 Å². The van der Waals surface area contributed by atoms with Crippen molar-refractivity contribution in [3.05, 3.63) is 88.3 Å². The van der Waals surface area contributed by atoms with Crippen LogP contribution in [0.5, 0.6) is 5.75 Å². The van der Waals surface area contributed by atoms with Crippen LogP contribution in [0.4, 0.5) is 10.2 Å².